The Labute approximate surface area is 161 Å². The van der Waals surface area contributed by atoms with Crippen LogP contribution in [0.15, 0.2) is 59.6 Å². The Morgan fingerprint density at radius 3 is 2.18 bits per heavy atom. The van der Waals surface area contributed by atoms with Crippen molar-refractivity contribution in [2.75, 3.05) is 6.26 Å². The van der Waals surface area contributed by atoms with Crippen LogP contribution in [0.5, 0.6) is 11.5 Å². The molecular formula is C14H13N3O8S3. The van der Waals surface area contributed by atoms with Gasteiger partial charge in [0, 0.05) is 4.90 Å². The highest BCUT2D eigenvalue weighted by Crippen LogP contribution is 2.60. The van der Waals surface area contributed by atoms with Gasteiger partial charge in [-0.15, -0.1) is 9.63 Å². The smallest absolute Gasteiger partial charge is 0.298 e. The Hall–Kier alpha value is -2.52. The molecule has 0 aliphatic carbocycles. The summed E-state index contributed by atoms with van der Waals surface area (Å²) in [6.07, 6.45) is 1.67. The van der Waals surface area contributed by atoms with Gasteiger partial charge in [-0.1, -0.05) is 22.3 Å². The van der Waals surface area contributed by atoms with Crippen molar-refractivity contribution in [1.82, 2.24) is 0 Å². The number of aromatic hydroxyl groups is 2. The monoisotopic (exact) mass is 447 g/mol. The molecule has 4 N–H and O–H groups in total. The van der Waals surface area contributed by atoms with Crippen LogP contribution in [-0.2, 0) is 20.2 Å². The van der Waals surface area contributed by atoms with Gasteiger partial charge >= 0.3 is 0 Å². The van der Waals surface area contributed by atoms with E-state index in [1.54, 1.807) is 30.5 Å². The summed E-state index contributed by atoms with van der Waals surface area (Å²) in [7, 11) is -12.4. The summed E-state index contributed by atoms with van der Waals surface area (Å²) in [6.45, 7) is 0. The van der Waals surface area contributed by atoms with Crippen molar-refractivity contribution in [2.24, 2.45) is 14.6 Å². The Balaban J connectivity index is 2.22. The quantitative estimate of drug-likeness (QED) is 0.313. The van der Waals surface area contributed by atoms with E-state index in [0.717, 1.165) is 0 Å². The zero-order chi connectivity index (χ0) is 20.9. The van der Waals surface area contributed by atoms with Gasteiger partial charge in [-0.25, -0.2) is 4.99 Å². The fourth-order valence-corrected chi connectivity index (χ4v) is 5.45. The third-order valence-electron chi connectivity index (χ3n) is 3.75. The molecule has 1 heterocycles. The average molecular weight is 447 g/mol. The van der Waals surface area contributed by atoms with Crippen LogP contribution in [0.1, 0.15) is 0 Å². The van der Waals surface area contributed by atoms with Crippen molar-refractivity contribution in [1.29, 1.82) is 0 Å². The number of benzene rings is 2. The minimum atomic E-state index is -5.11. The highest BCUT2D eigenvalue weighted by molar-refractivity contribution is 8.42. The van der Waals surface area contributed by atoms with Gasteiger partial charge in [0.1, 0.15) is 9.79 Å². The maximum Gasteiger partial charge on any atom is 0.298 e. The first kappa shape index (κ1) is 20.2. The normalized spacial score (nSPS) is 21.5. The molecule has 14 heteroatoms. The lowest BCUT2D eigenvalue weighted by Gasteiger charge is -2.21. The molecule has 0 saturated heterocycles. The van der Waals surface area contributed by atoms with Crippen LogP contribution in [0.25, 0.3) is 0 Å². The highest BCUT2D eigenvalue weighted by atomic mass is 32.3. The van der Waals surface area contributed by atoms with E-state index in [1.807, 2.05) is 0 Å². The Kier molecular flexibility index (Phi) is 4.71. The fourth-order valence-electron chi connectivity index (χ4n) is 2.41. The van der Waals surface area contributed by atoms with Crippen LogP contribution in [0.3, 0.4) is 0 Å². The number of phenolic OH excluding ortho intramolecular Hbond substituents is 2. The van der Waals surface area contributed by atoms with Crippen LogP contribution in [0.4, 0.5) is 11.4 Å². The summed E-state index contributed by atoms with van der Waals surface area (Å²) in [5, 5.41) is 23.5. The molecule has 0 amide bonds. The lowest BCUT2D eigenvalue weighted by molar-refractivity contribution is 0.387. The van der Waals surface area contributed by atoms with Gasteiger partial charge in [0.15, 0.2) is 17.2 Å². The Morgan fingerprint density at radius 1 is 0.964 bits per heavy atom. The number of nitrogens with zero attached hydrogens (tertiary/aromatic N) is 3. The maximum atomic E-state index is 11.6. The van der Waals surface area contributed by atoms with Crippen molar-refractivity contribution in [2.45, 2.75) is 14.7 Å². The number of fused-ring (bicyclic) bond motifs is 1. The van der Waals surface area contributed by atoms with E-state index >= 15 is 0 Å². The summed E-state index contributed by atoms with van der Waals surface area (Å²) in [4.78, 5) is 2.41. The van der Waals surface area contributed by atoms with Gasteiger partial charge in [0.05, 0.1) is 11.2 Å². The molecule has 11 nitrogen and oxygen atoms in total. The third-order valence-corrected chi connectivity index (χ3v) is 7.66. The molecule has 1 aliphatic heterocycles. The molecule has 0 bridgehead atoms. The lowest BCUT2D eigenvalue weighted by Crippen LogP contribution is -2.04. The first-order chi connectivity index (χ1) is 12.8. The van der Waals surface area contributed by atoms with E-state index in [0.29, 0.717) is 10.6 Å². The topological polar surface area (TPSA) is 186 Å². The van der Waals surface area contributed by atoms with Crippen LogP contribution in [-0.4, -0.2) is 48.0 Å². The predicted octanol–water partition coefficient (Wildman–Crippen LogP) is 2.76. The number of hydrogen-bond acceptors (Lipinski definition) is 9. The molecule has 0 fully saturated rings. The standard InChI is InChI=1S/C14H13N3O8S3/c1-26(7-15-8-4-2-3-5-9(8)26)17-16-12-10(27(20,21)22)6-11(28(23,24)25)13(18)14(12)19/h2-7,18-19H,1H3,(H,20,21,22)(H,23,24,25). The maximum absolute atomic E-state index is 11.6. The number of para-hydroxylation sites is 1. The van der Waals surface area contributed by atoms with Crippen molar-refractivity contribution >= 4 is 47.4 Å². The molecular weight excluding hydrogens is 434 g/mol. The second-order valence-electron chi connectivity index (χ2n) is 5.69. The van der Waals surface area contributed by atoms with Gasteiger partial charge in [-0.2, -0.15) is 16.8 Å². The van der Waals surface area contributed by atoms with Crippen LogP contribution in [0.2, 0.25) is 0 Å². The van der Waals surface area contributed by atoms with E-state index in [4.69, 9.17) is 4.55 Å². The minimum Gasteiger partial charge on any atom is -0.503 e. The summed E-state index contributed by atoms with van der Waals surface area (Å²) < 4.78 is 68.3. The predicted molar refractivity (Wildman–Crippen MR) is 100 cm³/mol. The largest absolute Gasteiger partial charge is 0.503 e. The van der Waals surface area contributed by atoms with E-state index in [2.05, 4.69) is 14.6 Å². The lowest BCUT2D eigenvalue weighted by atomic mass is 10.3. The van der Waals surface area contributed by atoms with Crippen molar-refractivity contribution in [3.8, 4) is 11.5 Å². The van der Waals surface area contributed by atoms with Crippen LogP contribution < -0.4 is 0 Å². The number of rotatable bonds is 4. The molecule has 0 spiro atoms. The first-order valence-electron chi connectivity index (χ1n) is 7.23. The highest BCUT2D eigenvalue weighted by Gasteiger charge is 2.31. The summed E-state index contributed by atoms with van der Waals surface area (Å²) >= 11 is 0. The summed E-state index contributed by atoms with van der Waals surface area (Å²) in [6, 6.07) is 7.23. The van der Waals surface area contributed by atoms with Crippen molar-refractivity contribution < 1.29 is 36.2 Å². The molecule has 28 heavy (non-hydrogen) atoms. The van der Waals surface area contributed by atoms with E-state index < -0.39 is 57.4 Å². The molecule has 1 aliphatic rings. The van der Waals surface area contributed by atoms with Gasteiger partial charge < -0.3 is 10.2 Å². The molecule has 0 saturated carbocycles. The molecule has 0 aromatic heterocycles. The van der Waals surface area contributed by atoms with Crippen LogP contribution >= 0.6 is 10.2 Å². The average Bonchev–Trinajstić information content (AvgIpc) is 2.92. The number of aliphatic imine (C=N–C) groups is 1. The molecule has 2 aromatic carbocycles. The van der Waals surface area contributed by atoms with Gasteiger partial charge in [0.25, 0.3) is 20.2 Å². The zero-order valence-electron chi connectivity index (χ0n) is 14.0. The second-order valence-corrected chi connectivity index (χ2v) is 11.2. The molecule has 1 atom stereocenters. The molecule has 3 rings (SSSR count). The molecule has 150 valence electrons. The van der Waals surface area contributed by atoms with Crippen LogP contribution in [0, 0.1) is 0 Å². The summed E-state index contributed by atoms with van der Waals surface area (Å²) in [5.41, 5.74) is 1.24. The summed E-state index contributed by atoms with van der Waals surface area (Å²) in [5.74, 6) is -2.64. The van der Waals surface area contributed by atoms with E-state index in [-0.39, 0.29) is 6.07 Å². The Morgan fingerprint density at radius 2 is 1.57 bits per heavy atom. The molecule has 0 radical (unpaired) electrons. The Bertz CT molecular complexity index is 1250. The van der Waals surface area contributed by atoms with Crippen molar-refractivity contribution in [3.05, 3.63) is 30.3 Å². The number of phenols is 2. The second kappa shape index (κ2) is 6.52. The van der Waals surface area contributed by atoms with Gasteiger partial charge in [-0.05, 0) is 24.5 Å². The zero-order valence-corrected chi connectivity index (χ0v) is 16.4. The molecule has 1 unspecified atom stereocenters. The first-order valence-corrected chi connectivity index (χ1v) is 12.2. The van der Waals surface area contributed by atoms with E-state index in [9.17, 15) is 31.6 Å². The third kappa shape index (κ3) is 3.47. The SMILES string of the molecule is CS1(N=Nc2c(S(=O)(=O)O)cc(S(=O)(=O)O)c(O)c2O)C=Nc2ccccc21. The molecule has 2 aromatic rings. The fraction of sp³-hybridized carbons (Fsp3) is 0.0714. The van der Waals surface area contributed by atoms with Crippen molar-refractivity contribution in [3.63, 3.8) is 0 Å². The van der Waals surface area contributed by atoms with Gasteiger partial charge in [0.2, 0.25) is 0 Å². The van der Waals surface area contributed by atoms with Gasteiger partial charge in [-0.3, -0.25) is 9.11 Å². The minimum absolute atomic E-state index is 0.266. The van der Waals surface area contributed by atoms with E-state index in [1.165, 1.54) is 5.55 Å². The number of hydrogen-bond donors (Lipinski definition) is 4.